The molecule has 366 valence electrons. The first-order valence-corrected chi connectivity index (χ1v) is 27.5. The van der Waals surface area contributed by atoms with E-state index in [1.165, 1.54) is 48.5 Å². The minimum absolute atomic E-state index is 0.301. The van der Waals surface area contributed by atoms with Crippen molar-refractivity contribution >= 4 is 85.1 Å². The Bertz CT molecular complexity index is 3800. The van der Waals surface area contributed by atoms with Crippen molar-refractivity contribution in [2.24, 2.45) is 0 Å². The average Bonchev–Trinajstić information content (AvgIpc) is 3.36. The fraction of sp³-hybridized carbons (Fsp3) is 0.0357. The summed E-state index contributed by atoms with van der Waals surface area (Å²) in [5.74, 6) is 0. The van der Waals surface area contributed by atoms with Gasteiger partial charge in [0.2, 0.25) is 0 Å². The topological polar surface area (TPSA) is 217 Å². The second-order valence-corrected chi connectivity index (χ2v) is 22.0. The molecule has 7 aromatic carbocycles. The van der Waals surface area contributed by atoms with Gasteiger partial charge in [0, 0.05) is 0 Å². The average molecular weight is 1040 g/mol. The lowest BCUT2D eigenvalue weighted by Gasteiger charge is -2.23. The van der Waals surface area contributed by atoms with Crippen molar-refractivity contribution in [3.63, 3.8) is 0 Å². The van der Waals surface area contributed by atoms with Gasteiger partial charge in [0.15, 0.2) is 0 Å². The van der Waals surface area contributed by atoms with Crippen LogP contribution in [0.2, 0.25) is 0 Å². The maximum atomic E-state index is 12.2. The van der Waals surface area contributed by atoms with Gasteiger partial charge in [-0.15, -0.1) is 0 Å². The molecule has 4 N–H and O–H groups in total. The highest BCUT2D eigenvalue weighted by molar-refractivity contribution is 7.86. The molecular weight excluding hydrogens is 993 g/mol. The van der Waals surface area contributed by atoms with E-state index in [4.69, 9.17) is 0 Å². The van der Waals surface area contributed by atoms with Gasteiger partial charge in [0.25, 0.3) is 40.5 Å². The van der Waals surface area contributed by atoms with Gasteiger partial charge >= 0.3 is 0 Å². The highest BCUT2D eigenvalue weighted by Gasteiger charge is 2.24. The largest absolute Gasteiger partial charge is 0.294 e. The van der Waals surface area contributed by atoms with Crippen LogP contribution in [0.5, 0.6) is 0 Å². The van der Waals surface area contributed by atoms with Crippen LogP contribution in [-0.2, 0) is 40.5 Å². The molecule has 0 bridgehead atoms. The van der Waals surface area contributed by atoms with E-state index in [9.17, 15) is 51.9 Å². The highest BCUT2D eigenvalue weighted by Crippen LogP contribution is 2.46. The molecule has 0 amide bonds. The molecule has 0 unspecified atom stereocenters. The predicted molar refractivity (Wildman–Crippen MR) is 283 cm³/mol. The van der Waals surface area contributed by atoms with Gasteiger partial charge in [-0.1, -0.05) is 159 Å². The number of rotatable bonds is 16. The zero-order valence-electron chi connectivity index (χ0n) is 38.6. The van der Waals surface area contributed by atoms with Crippen LogP contribution in [0.15, 0.2) is 227 Å². The first-order valence-electron chi connectivity index (χ1n) is 21.7. The first kappa shape index (κ1) is 52.4. The molecule has 7 rings (SSSR count). The van der Waals surface area contributed by atoms with E-state index >= 15 is 0 Å². The minimum Gasteiger partial charge on any atom is -0.282 e. The molecule has 0 aliphatic heterocycles. The summed E-state index contributed by atoms with van der Waals surface area (Å²) in [5.41, 5.74) is 9.89. The third kappa shape index (κ3) is 11.7. The van der Waals surface area contributed by atoms with Gasteiger partial charge in [0.1, 0.15) is 0 Å². The van der Waals surface area contributed by atoms with Crippen LogP contribution in [0.25, 0.3) is 44.6 Å². The summed E-state index contributed by atoms with van der Waals surface area (Å²) in [6, 6.07) is 48.9. The molecule has 0 heterocycles. The Kier molecular flexibility index (Phi) is 15.4. The van der Waals surface area contributed by atoms with Crippen molar-refractivity contribution in [2.45, 2.75) is 33.4 Å². The fourth-order valence-corrected chi connectivity index (χ4v) is 10.3. The zero-order chi connectivity index (χ0) is 52.2. The quantitative estimate of drug-likeness (QED) is 0.0404. The second kappa shape index (κ2) is 21.1. The summed E-state index contributed by atoms with van der Waals surface area (Å²) >= 11 is 0. The van der Waals surface area contributed by atoms with Gasteiger partial charge in [-0.05, 0) is 151 Å². The van der Waals surface area contributed by atoms with Gasteiger partial charge < -0.3 is 0 Å². The molecule has 7 aromatic rings. The van der Waals surface area contributed by atoms with Crippen LogP contribution in [0.4, 0.5) is 0 Å². The van der Waals surface area contributed by atoms with E-state index in [1.54, 1.807) is 60.7 Å². The number of hydrogen-bond acceptors (Lipinski definition) is 8. The monoisotopic (exact) mass is 1040 g/mol. The van der Waals surface area contributed by atoms with Crippen LogP contribution in [0.3, 0.4) is 0 Å². The van der Waals surface area contributed by atoms with Crippen LogP contribution in [0.1, 0.15) is 58.4 Å². The summed E-state index contributed by atoms with van der Waals surface area (Å²) in [6.45, 7) is 12.1. The van der Waals surface area contributed by atoms with Crippen LogP contribution in [-0.4, -0.2) is 51.9 Å². The molecule has 72 heavy (non-hydrogen) atoms. The Labute approximate surface area is 419 Å². The molecule has 16 heteroatoms. The molecule has 0 fully saturated rings. The Morgan fingerprint density at radius 3 is 0.764 bits per heavy atom. The summed E-state index contributed by atoms with van der Waals surface area (Å²) in [5, 5.41) is 0. The Morgan fingerprint density at radius 2 is 0.514 bits per heavy atom. The van der Waals surface area contributed by atoms with Crippen molar-refractivity contribution in [3.8, 4) is 0 Å². The van der Waals surface area contributed by atoms with Gasteiger partial charge in [-0.2, -0.15) is 33.7 Å². The Balaban J connectivity index is 1.58. The summed E-state index contributed by atoms with van der Waals surface area (Å²) in [7, 11) is -18.2. The molecule has 0 spiro atoms. The molecule has 0 atom stereocenters. The van der Waals surface area contributed by atoms with Crippen molar-refractivity contribution < 1.29 is 51.9 Å². The summed E-state index contributed by atoms with van der Waals surface area (Å²) < 4.78 is 136. The lowest BCUT2D eigenvalue weighted by atomic mass is 9.80. The fourth-order valence-electron chi connectivity index (χ4n) is 8.36. The van der Waals surface area contributed by atoms with E-state index in [0.29, 0.717) is 83.5 Å². The van der Waals surface area contributed by atoms with E-state index in [1.807, 2.05) is 98.8 Å². The minimum atomic E-state index is -4.56. The Hall–Kier alpha value is -7.38. The molecule has 0 aliphatic rings. The zero-order valence-corrected chi connectivity index (χ0v) is 41.8. The highest BCUT2D eigenvalue weighted by atomic mass is 32.2. The maximum Gasteiger partial charge on any atom is 0.294 e. The van der Waals surface area contributed by atoms with Gasteiger partial charge in [-0.25, -0.2) is 0 Å². The van der Waals surface area contributed by atoms with E-state index < -0.39 is 40.5 Å². The molecule has 0 aromatic heterocycles. The number of benzene rings is 7. The lowest BCUT2D eigenvalue weighted by molar-refractivity contribution is 0.481. The maximum absolute atomic E-state index is 12.2. The van der Waals surface area contributed by atoms with Gasteiger partial charge in [0.05, 0.1) is 19.6 Å². The van der Waals surface area contributed by atoms with Crippen LogP contribution in [0, 0.1) is 0 Å². The first-order chi connectivity index (χ1) is 34.0. The Morgan fingerprint density at radius 1 is 0.306 bits per heavy atom. The van der Waals surface area contributed by atoms with Crippen molar-refractivity contribution in [1.82, 2.24) is 0 Å². The molecule has 0 saturated heterocycles. The molecule has 0 saturated carbocycles. The third-order valence-corrected chi connectivity index (χ3v) is 15.4. The third-order valence-electron chi connectivity index (χ3n) is 11.9. The normalized spacial score (nSPS) is 13.8. The molecular formula is C56H46O12S4. The standard InChI is InChI=1S/C56H46O12S4/c1-5-51(41-25-33-49(34-26-41)71(63,64)65)55(44-15-11-8-12-16-44)54(38(4)40-23-31-48(32-24-40)70(60,61)62)45-17-19-46(20-18-45)56(52(6-2)42-27-35-50(36-28-42)72(66,67)68)53(43-13-9-7-10-14-43)37(3)39-21-29-47(30-22-39)69(57,58)59/h5-36H,1-2H2,3-4H3,(H,57,58,59)(H,60,61,62)(H,63,64,65)(H,66,67,68)/b53-37+,54-38+,55-51+,56-52+. The number of hydrogen-bond donors (Lipinski definition) is 4. The summed E-state index contributed by atoms with van der Waals surface area (Å²) in [4.78, 5) is -1.26. The molecule has 12 nitrogen and oxygen atoms in total. The molecule has 0 radical (unpaired) electrons. The van der Waals surface area contributed by atoms with E-state index in [-0.39, 0.29) is 19.6 Å². The molecule has 0 aliphatic carbocycles. The van der Waals surface area contributed by atoms with Crippen LogP contribution >= 0.6 is 0 Å². The summed E-state index contributed by atoms with van der Waals surface area (Å²) in [6.07, 6.45) is 3.25. The van der Waals surface area contributed by atoms with Crippen molar-refractivity contribution in [1.29, 1.82) is 0 Å². The second-order valence-electron chi connectivity index (χ2n) is 16.3. The van der Waals surface area contributed by atoms with E-state index in [2.05, 4.69) is 13.2 Å². The van der Waals surface area contributed by atoms with Crippen LogP contribution < -0.4 is 0 Å². The number of allylic oxidation sites excluding steroid dienone is 10. The predicted octanol–water partition coefficient (Wildman–Crippen LogP) is 12.1. The van der Waals surface area contributed by atoms with Gasteiger partial charge in [-0.3, -0.25) is 18.2 Å². The van der Waals surface area contributed by atoms with E-state index in [0.717, 1.165) is 5.56 Å². The van der Waals surface area contributed by atoms with Crippen molar-refractivity contribution in [3.05, 3.63) is 252 Å². The SMILES string of the molecule is C=C/C(=C(\C(=C(/C)c1ccc(S(=O)(=O)O)cc1)c1ccc(C(=C(/C=C)c2ccc(S(=O)(=O)O)cc2)/C(=C(\C)c2ccc(S(=O)(=O)O)cc2)c2ccccc2)cc1)c1ccccc1)c1ccc(S(=O)(=O)O)cc1. The lowest BCUT2D eigenvalue weighted by Crippen LogP contribution is -2.02. The smallest absolute Gasteiger partial charge is 0.282 e. The van der Waals surface area contributed by atoms with Crippen molar-refractivity contribution in [2.75, 3.05) is 0 Å².